The lowest BCUT2D eigenvalue weighted by molar-refractivity contribution is -0.139. The summed E-state index contributed by atoms with van der Waals surface area (Å²) in [6.07, 6.45) is 2.55. The lowest BCUT2D eigenvalue weighted by Crippen LogP contribution is -2.42. The minimum Gasteiger partial charge on any atom is -0.466 e. The van der Waals surface area contributed by atoms with Crippen molar-refractivity contribution < 1.29 is 27.5 Å². The molecule has 2 aromatic carbocycles. The van der Waals surface area contributed by atoms with Gasteiger partial charge in [-0.25, -0.2) is 18.0 Å². The molecule has 0 saturated carbocycles. The number of carbonyl (C=O) groups is 2. The Morgan fingerprint density at radius 3 is 2.21 bits per heavy atom. The summed E-state index contributed by atoms with van der Waals surface area (Å²) in [5.41, 5.74) is 6.99. The Hall–Kier alpha value is -4.14. The van der Waals surface area contributed by atoms with Gasteiger partial charge in [-0.2, -0.15) is 9.57 Å². The summed E-state index contributed by atoms with van der Waals surface area (Å²) >= 11 is 0. The van der Waals surface area contributed by atoms with E-state index in [4.69, 9.17) is 15.2 Å². The molecule has 1 fully saturated rings. The number of nitrogens with zero attached hydrogens (tertiary/aromatic N) is 3. The summed E-state index contributed by atoms with van der Waals surface area (Å²) in [6.45, 7) is 2.33. The van der Waals surface area contributed by atoms with Gasteiger partial charge in [0.25, 0.3) is 0 Å². The number of ether oxygens (including phenoxy) is 2. The van der Waals surface area contributed by atoms with Gasteiger partial charge in [-0.15, -0.1) is 0 Å². The van der Waals surface area contributed by atoms with E-state index in [0.29, 0.717) is 12.1 Å². The van der Waals surface area contributed by atoms with Gasteiger partial charge in [-0.05, 0) is 49.6 Å². The largest absolute Gasteiger partial charge is 0.466 e. The number of hydrogen-bond donors (Lipinski definition) is 1. The number of sulfonamides is 1. The smallest absolute Gasteiger partial charge is 0.355 e. The molecule has 0 radical (unpaired) electrons. The molecule has 39 heavy (non-hydrogen) atoms. The van der Waals surface area contributed by atoms with E-state index in [-0.39, 0.29) is 39.3 Å². The number of nitriles is 1. The topological polar surface area (TPSA) is 143 Å². The van der Waals surface area contributed by atoms with E-state index >= 15 is 0 Å². The van der Waals surface area contributed by atoms with Crippen LogP contribution in [0.3, 0.4) is 0 Å². The monoisotopic (exact) mass is 550 g/mol. The Labute approximate surface area is 227 Å². The maximum absolute atomic E-state index is 13.3. The van der Waals surface area contributed by atoms with E-state index in [0.717, 1.165) is 26.4 Å². The first-order chi connectivity index (χ1) is 18.7. The Kier molecular flexibility index (Phi) is 8.09. The number of rotatable bonds is 6. The summed E-state index contributed by atoms with van der Waals surface area (Å²) in [7, 11) is -1.42. The first-order valence-electron chi connectivity index (χ1n) is 12.4. The predicted molar refractivity (Wildman–Crippen MR) is 143 cm³/mol. The third kappa shape index (κ3) is 5.01. The second-order valence-electron chi connectivity index (χ2n) is 9.29. The van der Waals surface area contributed by atoms with Crippen LogP contribution >= 0.6 is 0 Å². The van der Waals surface area contributed by atoms with Crippen molar-refractivity contribution in [2.24, 2.45) is 5.73 Å². The van der Waals surface area contributed by atoms with Gasteiger partial charge in [0.2, 0.25) is 10.0 Å². The first-order valence-corrected chi connectivity index (χ1v) is 13.9. The molecule has 2 unspecified atom stereocenters. The van der Waals surface area contributed by atoms with Gasteiger partial charge in [-0.3, -0.25) is 4.90 Å². The van der Waals surface area contributed by atoms with E-state index in [1.807, 2.05) is 6.92 Å². The van der Waals surface area contributed by atoms with Crippen molar-refractivity contribution in [1.29, 1.82) is 5.26 Å². The summed E-state index contributed by atoms with van der Waals surface area (Å²) in [6, 6.07) is 16.4. The highest BCUT2D eigenvalue weighted by Crippen LogP contribution is 2.43. The molecule has 204 valence electrons. The maximum atomic E-state index is 13.3. The van der Waals surface area contributed by atoms with E-state index in [1.165, 1.54) is 40.6 Å². The quantitative estimate of drug-likeness (QED) is 0.537. The highest BCUT2D eigenvalue weighted by molar-refractivity contribution is 7.89. The lowest BCUT2D eigenvalue weighted by atomic mass is 9.81. The predicted octanol–water partition coefficient (Wildman–Crippen LogP) is 3.15. The highest BCUT2D eigenvalue weighted by atomic mass is 32.2. The molecule has 0 aliphatic carbocycles. The molecular weight excluding hydrogens is 520 g/mol. The van der Waals surface area contributed by atoms with Crippen molar-refractivity contribution in [2.45, 2.75) is 43.0 Å². The Balaban J connectivity index is 1.89. The van der Waals surface area contributed by atoms with Crippen molar-refractivity contribution in [3.63, 3.8) is 0 Å². The molecule has 2 aromatic rings. The lowest BCUT2D eigenvalue weighted by Gasteiger charge is -2.36. The van der Waals surface area contributed by atoms with Gasteiger partial charge in [0.1, 0.15) is 11.5 Å². The van der Waals surface area contributed by atoms with E-state index in [1.54, 1.807) is 30.3 Å². The molecule has 0 bridgehead atoms. The number of nitrogens with two attached hydrogens (primary N) is 1. The second-order valence-corrected chi connectivity index (χ2v) is 11.2. The van der Waals surface area contributed by atoms with E-state index in [2.05, 4.69) is 6.07 Å². The maximum Gasteiger partial charge on any atom is 0.355 e. The molecule has 0 amide bonds. The van der Waals surface area contributed by atoms with Crippen LogP contribution in [0.2, 0.25) is 0 Å². The van der Waals surface area contributed by atoms with Gasteiger partial charge >= 0.3 is 11.9 Å². The molecule has 10 nitrogen and oxygen atoms in total. The number of piperidine rings is 1. The number of esters is 2. The second kappa shape index (κ2) is 11.3. The molecule has 2 heterocycles. The summed E-state index contributed by atoms with van der Waals surface area (Å²) in [4.78, 5) is 27.6. The zero-order valence-corrected chi connectivity index (χ0v) is 22.8. The SMILES string of the molecule is COC(=O)C1=C(C(=O)OC)N(c2ccc(S(=O)(=O)N3CCCCC3C)cc2)C(N)=C(C#N)C1c1ccccc1. The van der Waals surface area contributed by atoms with Crippen molar-refractivity contribution in [1.82, 2.24) is 4.31 Å². The molecule has 2 atom stereocenters. The zero-order valence-electron chi connectivity index (χ0n) is 22.0. The van der Waals surface area contributed by atoms with E-state index in [9.17, 15) is 23.3 Å². The van der Waals surface area contributed by atoms with Crippen molar-refractivity contribution in [2.75, 3.05) is 25.7 Å². The molecule has 2 aliphatic heterocycles. The number of allylic oxidation sites excluding steroid dienone is 1. The van der Waals surface area contributed by atoms with Crippen LogP contribution in [-0.4, -0.2) is 51.5 Å². The van der Waals surface area contributed by atoms with Crippen molar-refractivity contribution in [3.05, 3.63) is 82.8 Å². The summed E-state index contributed by atoms with van der Waals surface area (Å²) in [5, 5.41) is 10.1. The standard InChI is InChI=1S/C28H30N4O6S/c1-18-9-7-8-16-31(18)39(35,36)21-14-12-20(13-15-21)32-25(28(34)38-3)24(27(33)37-2)23(22(17-29)26(32)30)19-10-5-4-6-11-19/h4-6,10-15,18,23H,7-9,16,30H2,1-3H3. The molecule has 11 heteroatoms. The van der Waals surface area contributed by atoms with Crippen LogP contribution in [0, 0.1) is 11.3 Å². The third-order valence-electron chi connectivity index (χ3n) is 7.05. The average molecular weight is 551 g/mol. The molecular formula is C28H30N4O6S. The number of anilines is 1. The van der Waals surface area contributed by atoms with Crippen molar-refractivity contribution in [3.8, 4) is 6.07 Å². The average Bonchev–Trinajstić information content (AvgIpc) is 2.96. The van der Waals surface area contributed by atoms with Gasteiger partial charge < -0.3 is 15.2 Å². The van der Waals surface area contributed by atoms with Crippen LogP contribution in [0.5, 0.6) is 0 Å². The number of carbonyl (C=O) groups excluding carboxylic acids is 2. The molecule has 4 rings (SSSR count). The van der Waals surface area contributed by atoms with Gasteiger partial charge in [0, 0.05) is 18.3 Å². The number of benzene rings is 2. The van der Waals surface area contributed by atoms with Crippen LogP contribution in [-0.2, 0) is 29.1 Å². The first kappa shape index (κ1) is 27.9. The summed E-state index contributed by atoms with van der Waals surface area (Å²) in [5.74, 6) is -2.81. The normalized spacial score (nSPS) is 20.4. The van der Waals surface area contributed by atoms with E-state index < -0.39 is 27.9 Å². The molecule has 2 aliphatic rings. The Morgan fingerprint density at radius 2 is 1.64 bits per heavy atom. The van der Waals surface area contributed by atoms with Gasteiger partial charge in [-0.1, -0.05) is 36.8 Å². The van der Waals surface area contributed by atoms with Crippen LogP contribution in [0.1, 0.15) is 37.7 Å². The summed E-state index contributed by atoms with van der Waals surface area (Å²) < 4.78 is 38.2. The molecule has 2 N–H and O–H groups in total. The van der Waals surface area contributed by atoms with Crippen LogP contribution in [0.15, 0.2) is 82.2 Å². The Morgan fingerprint density at radius 1 is 1.00 bits per heavy atom. The van der Waals surface area contributed by atoms with Gasteiger partial charge in [0.15, 0.2) is 0 Å². The molecule has 0 spiro atoms. The van der Waals surface area contributed by atoms with Crippen LogP contribution in [0.4, 0.5) is 5.69 Å². The minimum absolute atomic E-state index is 0.0214. The third-order valence-corrected chi connectivity index (χ3v) is 9.08. The van der Waals surface area contributed by atoms with Crippen molar-refractivity contribution >= 4 is 27.6 Å². The molecule has 0 aromatic heterocycles. The fraction of sp³-hybridized carbons (Fsp3) is 0.321. The van der Waals surface area contributed by atoms with Gasteiger partial charge in [0.05, 0.1) is 42.2 Å². The number of hydrogen-bond acceptors (Lipinski definition) is 9. The fourth-order valence-corrected chi connectivity index (χ4v) is 6.81. The highest BCUT2D eigenvalue weighted by Gasteiger charge is 2.43. The fourth-order valence-electron chi connectivity index (χ4n) is 5.11. The Bertz CT molecular complexity index is 1480. The minimum atomic E-state index is -3.75. The van der Waals surface area contributed by atoms with Crippen LogP contribution < -0.4 is 10.6 Å². The van der Waals surface area contributed by atoms with Crippen LogP contribution in [0.25, 0.3) is 0 Å². The molecule has 1 saturated heterocycles. The zero-order chi connectivity index (χ0) is 28.3. The number of methoxy groups -OCH3 is 2.